The number of ketones is 1. The molecule has 6 rings (SSSR count). The average Bonchev–Trinajstić information content (AvgIpc) is 3.07. The topological polar surface area (TPSA) is 220 Å². The van der Waals surface area contributed by atoms with Gasteiger partial charge < -0.3 is 45.4 Å². The van der Waals surface area contributed by atoms with Crippen LogP contribution in [0.25, 0.3) is 0 Å². The molecule has 4 saturated carbocycles. The molecule has 0 spiro atoms. The number of amides is 1. The first-order valence-corrected chi connectivity index (χ1v) is 19.9. The number of carbonyl (C=O) groups is 4. The Balaban J connectivity index is 1.32. The number of rotatable bonds is 8. The van der Waals surface area contributed by atoms with Gasteiger partial charge in [-0.2, -0.15) is 0 Å². The van der Waals surface area contributed by atoms with Crippen molar-refractivity contribution in [2.75, 3.05) is 6.61 Å². The quantitative estimate of drug-likeness (QED) is 0.177. The minimum atomic E-state index is -2.46. The summed E-state index contributed by atoms with van der Waals surface area (Å²) in [4.78, 5) is 52.4. The number of hydrogen-bond donors (Lipinski definition) is 7. The molecule has 15 atom stereocenters. The van der Waals surface area contributed by atoms with E-state index in [1.807, 2.05) is 26.8 Å². The lowest BCUT2D eigenvalue weighted by Crippen LogP contribution is -2.70. The largest absolute Gasteiger partial charge is 0.481 e. The fourth-order valence-electron chi connectivity index (χ4n) is 13.0. The molecule has 7 N–H and O–H groups in total. The highest BCUT2D eigenvalue weighted by Gasteiger charge is 2.71. The van der Waals surface area contributed by atoms with Crippen molar-refractivity contribution in [1.29, 1.82) is 0 Å². The first-order valence-electron chi connectivity index (χ1n) is 19.9. The lowest BCUT2D eigenvalue weighted by Gasteiger charge is -2.70. The van der Waals surface area contributed by atoms with Crippen LogP contribution in [0.3, 0.4) is 0 Å². The third kappa shape index (κ3) is 5.92. The lowest BCUT2D eigenvalue weighted by atomic mass is 9.33. The van der Waals surface area contributed by atoms with Crippen molar-refractivity contribution in [3.8, 4) is 0 Å². The highest BCUT2D eigenvalue weighted by Crippen LogP contribution is 2.75. The molecule has 0 bridgehead atoms. The van der Waals surface area contributed by atoms with Gasteiger partial charge in [-0.05, 0) is 110 Å². The second-order valence-electron chi connectivity index (χ2n) is 19.9. The molecule has 1 saturated heterocycles. The number of carboxylic acid groups (broad SMARTS) is 2. The minimum absolute atomic E-state index is 0.00284. The molecule has 304 valence electrons. The van der Waals surface area contributed by atoms with Crippen molar-refractivity contribution < 1.29 is 59.3 Å². The first-order chi connectivity index (χ1) is 24.9. The van der Waals surface area contributed by atoms with Crippen molar-refractivity contribution in [3.63, 3.8) is 0 Å². The van der Waals surface area contributed by atoms with Crippen LogP contribution < -0.4 is 5.32 Å². The van der Waals surface area contributed by atoms with Crippen LogP contribution in [0, 0.1) is 50.2 Å². The molecule has 0 radical (unpaired) electrons. The summed E-state index contributed by atoms with van der Waals surface area (Å²) in [6.07, 6.45) is 0.0664. The van der Waals surface area contributed by atoms with E-state index < -0.39 is 94.9 Å². The number of fused-ring (bicyclic) bond motifs is 7. The van der Waals surface area contributed by atoms with Gasteiger partial charge in [0.2, 0.25) is 5.91 Å². The highest BCUT2D eigenvalue weighted by atomic mass is 16.7. The second-order valence-corrected chi connectivity index (χ2v) is 19.9. The number of aliphatic hydroxyl groups is 4. The molecule has 0 aromatic heterocycles. The standard InChI is InChI=1S/C41H63NO12/c1-21(44)42-29-25(46)19-41(34(51)52,54-31(29)30(48)26(47)20-43)53-28-10-11-38(6)27(35(28,2)3)9-12-40(8)32(38)24(45)17-22-23-18-37(5,33(49)50)14-13-36(23,4)15-16-39(22,40)7/h17,23,25-32,43,46-48H,9-16,18-20H2,1-8H3,(H,42,44)(H,49,50)(H,51,52)/t23-,25-,26+,27-,28-,29+,30+,31+,32+,36+,37-,38-,39+,40+,41-/m0/s1. The van der Waals surface area contributed by atoms with E-state index in [9.17, 15) is 49.8 Å². The van der Waals surface area contributed by atoms with Crippen LogP contribution in [0.4, 0.5) is 0 Å². The zero-order valence-corrected chi connectivity index (χ0v) is 33.2. The SMILES string of the molecule is CC(=O)N[C@H]1[C@H]([C@H](O)[C@H](O)CO)O[C@](O[C@H]2CC[C@]3(C)[C@H]4C(=O)C=C5[C@@H]6C[C@@](C)(C(=O)O)CC[C@]6(C)CC[C@@]5(C)[C@]4(C)CC[C@H]3C2(C)C)(C(=O)O)C[C@@H]1O. The molecule has 1 amide bonds. The summed E-state index contributed by atoms with van der Waals surface area (Å²) in [5, 5.41) is 65.4. The molecule has 5 aliphatic carbocycles. The third-order valence-corrected chi connectivity index (χ3v) is 16.5. The maximum absolute atomic E-state index is 14.8. The number of allylic oxidation sites excluding steroid dienone is 2. The summed E-state index contributed by atoms with van der Waals surface area (Å²) in [5.41, 5.74) is -1.66. The normalized spacial score (nSPS) is 48.1. The Hall–Kier alpha value is -2.42. The Morgan fingerprint density at radius 3 is 2.17 bits per heavy atom. The van der Waals surface area contributed by atoms with Crippen LogP contribution in [0.2, 0.25) is 0 Å². The molecule has 54 heavy (non-hydrogen) atoms. The molecular formula is C41H63NO12. The molecule has 13 heteroatoms. The molecular weight excluding hydrogens is 698 g/mol. The van der Waals surface area contributed by atoms with Crippen molar-refractivity contribution in [2.24, 2.45) is 50.2 Å². The Morgan fingerprint density at radius 1 is 0.926 bits per heavy atom. The average molecular weight is 762 g/mol. The van der Waals surface area contributed by atoms with Gasteiger partial charge in [0, 0.05) is 19.3 Å². The van der Waals surface area contributed by atoms with Crippen LogP contribution >= 0.6 is 0 Å². The fraction of sp³-hybridized carbons (Fsp3) is 0.854. The van der Waals surface area contributed by atoms with E-state index in [-0.39, 0.29) is 34.4 Å². The molecule has 0 aromatic carbocycles. The molecule has 5 fully saturated rings. The van der Waals surface area contributed by atoms with E-state index in [4.69, 9.17) is 9.47 Å². The van der Waals surface area contributed by atoms with Crippen molar-refractivity contribution in [2.45, 2.75) is 162 Å². The van der Waals surface area contributed by atoms with Gasteiger partial charge in [0.15, 0.2) is 5.78 Å². The van der Waals surface area contributed by atoms with Gasteiger partial charge in [0.05, 0.1) is 30.3 Å². The lowest BCUT2D eigenvalue weighted by molar-refractivity contribution is -0.341. The van der Waals surface area contributed by atoms with Crippen LogP contribution in [-0.2, 0) is 28.7 Å². The van der Waals surface area contributed by atoms with E-state index in [2.05, 4.69) is 33.0 Å². The van der Waals surface area contributed by atoms with Gasteiger partial charge in [0.25, 0.3) is 5.79 Å². The molecule has 13 nitrogen and oxygen atoms in total. The van der Waals surface area contributed by atoms with Gasteiger partial charge in [-0.1, -0.05) is 47.1 Å². The molecule has 6 aliphatic rings. The number of carbonyl (C=O) groups excluding carboxylic acids is 2. The maximum atomic E-state index is 14.8. The van der Waals surface area contributed by atoms with E-state index in [0.29, 0.717) is 25.7 Å². The summed E-state index contributed by atoms with van der Waals surface area (Å²) in [7, 11) is 0. The summed E-state index contributed by atoms with van der Waals surface area (Å²) in [6, 6.07) is -1.30. The third-order valence-electron chi connectivity index (χ3n) is 16.5. The van der Waals surface area contributed by atoms with Crippen molar-refractivity contribution in [1.82, 2.24) is 5.32 Å². The molecule has 0 aromatic rings. The number of aliphatic hydroxyl groups excluding tert-OH is 4. The summed E-state index contributed by atoms with van der Waals surface area (Å²) in [5.74, 6) is -5.67. The predicted molar refractivity (Wildman–Crippen MR) is 195 cm³/mol. The smallest absolute Gasteiger partial charge is 0.364 e. The van der Waals surface area contributed by atoms with Crippen molar-refractivity contribution >= 4 is 23.6 Å². The molecule has 1 aliphatic heterocycles. The van der Waals surface area contributed by atoms with Gasteiger partial charge in [-0.25, -0.2) is 4.79 Å². The van der Waals surface area contributed by atoms with Gasteiger partial charge in [-0.3, -0.25) is 14.4 Å². The summed E-state index contributed by atoms with van der Waals surface area (Å²) in [6.45, 7) is 15.3. The van der Waals surface area contributed by atoms with Crippen molar-refractivity contribution in [3.05, 3.63) is 11.6 Å². The van der Waals surface area contributed by atoms with Gasteiger partial charge in [-0.15, -0.1) is 0 Å². The van der Waals surface area contributed by atoms with Crippen LogP contribution in [0.5, 0.6) is 0 Å². The number of ether oxygens (including phenoxy) is 2. The van der Waals surface area contributed by atoms with E-state index in [0.717, 1.165) is 37.7 Å². The monoisotopic (exact) mass is 761 g/mol. The number of nitrogens with one attached hydrogen (secondary N) is 1. The Kier molecular flexibility index (Phi) is 10.2. The van der Waals surface area contributed by atoms with Gasteiger partial charge in [0.1, 0.15) is 18.3 Å². The second kappa shape index (κ2) is 13.3. The summed E-state index contributed by atoms with van der Waals surface area (Å²) >= 11 is 0. The Labute approximate surface area is 318 Å². The zero-order chi connectivity index (χ0) is 40.2. The number of carboxylic acids is 2. The van der Waals surface area contributed by atoms with E-state index in [1.165, 1.54) is 6.92 Å². The minimum Gasteiger partial charge on any atom is -0.481 e. The summed E-state index contributed by atoms with van der Waals surface area (Å²) < 4.78 is 12.5. The Morgan fingerprint density at radius 2 is 1.57 bits per heavy atom. The van der Waals surface area contributed by atoms with Crippen LogP contribution in [-0.4, -0.2) is 103 Å². The van der Waals surface area contributed by atoms with Crippen LogP contribution in [0.1, 0.15) is 120 Å². The fourth-order valence-corrected chi connectivity index (χ4v) is 13.0. The van der Waals surface area contributed by atoms with Gasteiger partial charge >= 0.3 is 11.9 Å². The predicted octanol–water partition coefficient (Wildman–Crippen LogP) is 3.59. The highest BCUT2D eigenvalue weighted by molar-refractivity contribution is 5.95. The Bertz CT molecular complexity index is 1600. The number of hydrogen-bond acceptors (Lipinski definition) is 10. The first kappa shape index (κ1) is 41.2. The zero-order valence-electron chi connectivity index (χ0n) is 33.2. The molecule has 1 heterocycles. The van der Waals surface area contributed by atoms with Crippen LogP contribution in [0.15, 0.2) is 11.6 Å². The van der Waals surface area contributed by atoms with E-state index in [1.54, 1.807) is 0 Å². The number of aliphatic carboxylic acids is 2. The maximum Gasteiger partial charge on any atom is 0.364 e. The van der Waals surface area contributed by atoms with E-state index >= 15 is 0 Å². The molecule has 0 unspecified atom stereocenters.